The summed E-state index contributed by atoms with van der Waals surface area (Å²) in [5.74, 6) is -0.456. The second kappa shape index (κ2) is 7.91. The maximum Gasteiger partial charge on any atom is 0.290 e. The van der Waals surface area contributed by atoms with Gasteiger partial charge in [-0.25, -0.2) is 13.1 Å². The third-order valence-electron chi connectivity index (χ3n) is 3.80. The van der Waals surface area contributed by atoms with E-state index in [1.807, 2.05) is 0 Å². The maximum atomic E-state index is 12.2. The van der Waals surface area contributed by atoms with E-state index in [1.54, 1.807) is 0 Å². The normalized spacial score (nSPS) is 15.9. The van der Waals surface area contributed by atoms with Crippen molar-refractivity contribution in [2.45, 2.75) is 43.0 Å². The molecule has 0 aliphatic heterocycles. The Morgan fingerprint density at radius 1 is 1.29 bits per heavy atom. The number of carbonyl (C=O) groups is 1. The molecule has 0 radical (unpaired) electrons. The van der Waals surface area contributed by atoms with Crippen LogP contribution < -0.4 is 10.0 Å². The predicted molar refractivity (Wildman–Crippen MR) is 88.3 cm³/mol. The van der Waals surface area contributed by atoms with Gasteiger partial charge in [-0.3, -0.25) is 14.9 Å². The van der Waals surface area contributed by atoms with Crippen molar-refractivity contribution >= 4 is 33.2 Å². The zero-order valence-corrected chi connectivity index (χ0v) is 14.4. The number of benzene rings is 1. The third-order valence-corrected chi connectivity index (χ3v) is 5.48. The Hall–Kier alpha value is -1.71. The molecule has 24 heavy (non-hydrogen) atoms. The zero-order valence-electron chi connectivity index (χ0n) is 12.8. The number of carbonyl (C=O) groups excluding carboxylic acids is 1. The van der Waals surface area contributed by atoms with Crippen molar-refractivity contribution in [2.75, 3.05) is 6.54 Å². The molecule has 2 rings (SSSR count). The molecule has 1 aromatic carbocycles. The molecule has 0 aromatic heterocycles. The van der Waals surface area contributed by atoms with Crippen LogP contribution in [0.1, 0.15) is 32.1 Å². The van der Waals surface area contributed by atoms with Crippen LogP contribution in [0.5, 0.6) is 0 Å². The largest absolute Gasteiger partial charge is 0.352 e. The fourth-order valence-corrected chi connectivity index (χ4v) is 3.92. The molecule has 0 heterocycles. The first-order valence-electron chi connectivity index (χ1n) is 7.52. The second-order valence-corrected chi connectivity index (χ2v) is 7.77. The van der Waals surface area contributed by atoms with Crippen LogP contribution >= 0.6 is 11.6 Å². The van der Waals surface area contributed by atoms with Crippen molar-refractivity contribution in [2.24, 2.45) is 0 Å². The molecule has 1 aromatic rings. The summed E-state index contributed by atoms with van der Waals surface area (Å²) in [6, 6.07) is 3.30. The van der Waals surface area contributed by atoms with E-state index in [4.69, 9.17) is 11.6 Å². The maximum absolute atomic E-state index is 12.2. The SMILES string of the molecule is O=C(CNS(=O)(=O)c1ccc(Cl)cc1[N+](=O)[O-])NC1CCCCC1. The molecule has 1 aliphatic carbocycles. The van der Waals surface area contributed by atoms with Crippen LogP contribution in [-0.4, -0.2) is 31.8 Å². The van der Waals surface area contributed by atoms with Crippen molar-refractivity contribution in [1.82, 2.24) is 10.0 Å². The number of hydrogen-bond donors (Lipinski definition) is 2. The molecule has 1 amide bonds. The summed E-state index contributed by atoms with van der Waals surface area (Å²) in [4.78, 5) is 21.5. The minimum atomic E-state index is -4.20. The van der Waals surface area contributed by atoms with Gasteiger partial charge in [-0.1, -0.05) is 30.9 Å². The van der Waals surface area contributed by atoms with Crippen LogP contribution in [0.3, 0.4) is 0 Å². The van der Waals surface area contributed by atoms with E-state index in [9.17, 15) is 23.3 Å². The molecule has 1 saturated carbocycles. The van der Waals surface area contributed by atoms with Crippen molar-refractivity contribution < 1.29 is 18.1 Å². The summed E-state index contributed by atoms with van der Waals surface area (Å²) in [5.41, 5.74) is -0.636. The van der Waals surface area contributed by atoms with Crippen LogP contribution in [-0.2, 0) is 14.8 Å². The fraction of sp³-hybridized carbons (Fsp3) is 0.500. The van der Waals surface area contributed by atoms with Crippen LogP contribution in [0, 0.1) is 10.1 Å². The molecular weight excluding hydrogens is 358 g/mol. The lowest BCUT2D eigenvalue weighted by atomic mass is 9.95. The van der Waals surface area contributed by atoms with Gasteiger partial charge in [-0.15, -0.1) is 0 Å². The number of nitrogens with one attached hydrogen (secondary N) is 2. The van der Waals surface area contributed by atoms with Crippen LogP contribution in [0.25, 0.3) is 0 Å². The van der Waals surface area contributed by atoms with Gasteiger partial charge in [-0.2, -0.15) is 0 Å². The number of rotatable bonds is 6. The van der Waals surface area contributed by atoms with Gasteiger partial charge in [0.1, 0.15) is 0 Å². The van der Waals surface area contributed by atoms with Crippen LogP contribution in [0.4, 0.5) is 5.69 Å². The lowest BCUT2D eigenvalue weighted by Gasteiger charge is -2.22. The van der Waals surface area contributed by atoms with Gasteiger partial charge in [0.25, 0.3) is 5.69 Å². The Morgan fingerprint density at radius 3 is 2.58 bits per heavy atom. The summed E-state index contributed by atoms with van der Waals surface area (Å²) in [6.07, 6.45) is 4.96. The molecule has 132 valence electrons. The van der Waals surface area contributed by atoms with Gasteiger partial charge in [0.2, 0.25) is 15.9 Å². The molecule has 2 N–H and O–H groups in total. The minimum Gasteiger partial charge on any atom is -0.352 e. The van der Waals surface area contributed by atoms with Crippen LogP contribution in [0.2, 0.25) is 5.02 Å². The van der Waals surface area contributed by atoms with Gasteiger partial charge < -0.3 is 5.32 Å². The highest BCUT2D eigenvalue weighted by molar-refractivity contribution is 7.89. The molecular formula is C14H18ClN3O5S. The zero-order chi connectivity index (χ0) is 17.7. The average molecular weight is 376 g/mol. The van der Waals surface area contributed by atoms with Crippen LogP contribution in [0.15, 0.2) is 23.1 Å². The molecule has 10 heteroatoms. The standard InChI is InChI=1S/C14H18ClN3O5S/c15-10-6-7-13(12(8-10)18(20)21)24(22,23)16-9-14(19)17-11-4-2-1-3-5-11/h6-8,11,16H,1-5,9H2,(H,17,19). The number of nitro benzene ring substituents is 1. The van der Waals surface area contributed by atoms with Crippen molar-refractivity contribution in [1.29, 1.82) is 0 Å². The van der Waals surface area contributed by atoms with E-state index in [0.717, 1.165) is 44.2 Å². The minimum absolute atomic E-state index is 0.0516. The Bertz CT molecular complexity index is 732. The first-order chi connectivity index (χ1) is 11.3. The summed E-state index contributed by atoms with van der Waals surface area (Å²) in [5, 5.41) is 13.8. The molecule has 0 bridgehead atoms. The Morgan fingerprint density at radius 2 is 1.96 bits per heavy atom. The molecule has 0 unspecified atom stereocenters. The summed E-state index contributed by atoms with van der Waals surface area (Å²) in [7, 11) is -4.20. The highest BCUT2D eigenvalue weighted by Crippen LogP contribution is 2.26. The van der Waals surface area contributed by atoms with E-state index in [2.05, 4.69) is 10.0 Å². The summed E-state index contributed by atoms with van der Waals surface area (Å²) in [6.45, 7) is -0.474. The quantitative estimate of drug-likeness (QED) is 0.582. The first kappa shape index (κ1) is 18.6. The highest BCUT2D eigenvalue weighted by atomic mass is 35.5. The first-order valence-corrected chi connectivity index (χ1v) is 9.38. The molecule has 0 saturated heterocycles. The number of amides is 1. The number of sulfonamides is 1. The molecule has 1 aliphatic rings. The fourth-order valence-electron chi connectivity index (χ4n) is 2.62. The average Bonchev–Trinajstić information content (AvgIpc) is 2.53. The molecule has 1 fully saturated rings. The van der Waals surface area contributed by atoms with Gasteiger partial charge in [0.15, 0.2) is 4.90 Å². The van der Waals surface area contributed by atoms with Gasteiger partial charge in [0, 0.05) is 17.1 Å². The number of halogens is 1. The summed E-state index contributed by atoms with van der Waals surface area (Å²) < 4.78 is 26.5. The number of nitrogens with zero attached hydrogens (tertiary/aromatic N) is 1. The Kier molecular flexibility index (Phi) is 6.14. The molecule has 8 nitrogen and oxygen atoms in total. The summed E-state index contributed by atoms with van der Waals surface area (Å²) >= 11 is 5.66. The topological polar surface area (TPSA) is 118 Å². The lowest BCUT2D eigenvalue weighted by molar-refractivity contribution is -0.387. The van der Waals surface area contributed by atoms with E-state index in [0.29, 0.717) is 0 Å². The van der Waals surface area contributed by atoms with Gasteiger partial charge in [-0.05, 0) is 25.0 Å². The number of hydrogen-bond acceptors (Lipinski definition) is 5. The van der Waals surface area contributed by atoms with E-state index in [1.165, 1.54) is 6.07 Å². The lowest BCUT2D eigenvalue weighted by Crippen LogP contribution is -2.42. The predicted octanol–water partition coefficient (Wildman–Crippen LogP) is 1.98. The highest BCUT2D eigenvalue weighted by Gasteiger charge is 2.26. The molecule has 0 spiro atoms. The number of nitro groups is 1. The second-order valence-electron chi connectivity index (χ2n) is 5.60. The van der Waals surface area contributed by atoms with Gasteiger partial charge in [0.05, 0.1) is 11.5 Å². The van der Waals surface area contributed by atoms with Gasteiger partial charge >= 0.3 is 0 Å². The van der Waals surface area contributed by atoms with E-state index in [-0.39, 0.29) is 11.1 Å². The van der Waals surface area contributed by atoms with Crippen molar-refractivity contribution in [3.63, 3.8) is 0 Å². The Balaban J connectivity index is 2.03. The Labute approximate surface area is 144 Å². The third kappa shape index (κ3) is 4.89. The van der Waals surface area contributed by atoms with E-state index < -0.39 is 38.0 Å². The smallest absolute Gasteiger partial charge is 0.290 e. The monoisotopic (exact) mass is 375 g/mol. The molecule has 0 atom stereocenters. The van der Waals surface area contributed by atoms with E-state index >= 15 is 0 Å². The van der Waals surface area contributed by atoms with Crippen molar-refractivity contribution in [3.05, 3.63) is 33.3 Å². The van der Waals surface area contributed by atoms with Crippen molar-refractivity contribution in [3.8, 4) is 0 Å².